The van der Waals surface area contributed by atoms with E-state index in [0.29, 0.717) is 23.1 Å². The first-order valence-corrected chi connectivity index (χ1v) is 10.0. The standard InChI is InChI=1S/C21H21N3O4S/c1-12-4-7-17(28-3)16(8-12)24-11-13(9-19(24)25)20(26)23-21-22-15-6-5-14(27-2)10-18(15)29-21/h4-8,10,13H,9,11H2,1-3H3,(H,22,23,26)/t13-/m0/s1. The largest absolute Gasteiger partial charge is 0.497 e. The number of rotatable bonds is 5. The molecular formula is C21H21N3O4S. The lowest BCUT2D eigenvalue weighted by atomic mass is 10.1. The van der Waals surface area contributed by atoms with E-state index in [4.69, 9.17) is 9.47 Å². The van der Waals surface area contributed by atoms with Crippen LogP contribution in [-0.2, 0) is 9.59 Å². The van der Waals surface area contributed by atoms with Crippen LogP contribution < -0.4 is 19.7 Å². The topological polar surface area (TPSA) is 80.8 Å². The van der Waals surface area contributed by atoms with Gasteiger partial charge in [-0.15, -0.1) is 0 Å². The van der Waals surface area contributed by atoms with Crippen molar-refractivity contribution in [2.45, 2.75) is 13.3 Å². The Bertz CT molecular complexity index is 1090. The van der Waals surface area contributed by atoms with Gasteiger partial charge >= 0.3 is 0 Å². The molecule has 1 atom stereocenters. The maximum Gasteiger partial charge on any atom is 0.231 e. The second-order valence-corrected chi connectivity index (χ2v) is 7.95. The van der Waals surface area contributed by atoms with Gasteiger partial charge in [-0.1, -0.05) is 17.4 Å². The number of aryl methyl sites for hydroxylation is 1. The molecule has 29 heavy (non-hydrogen) atoms. The summed E-state index contributed by atoms with van der Waals surface area (Å²) in [5, 5.41) is 3.37. The molecule has 1 aliphatic rings. The molecule has 2 amide bonds. The predicted octanol–water partition coefficient (Wildman–Crippen LogP) is 3.61. The Morgan fingerprint density at radius 1 is 1.21 bits per heavy atom. The lowest BCUT2D eigenvalue weighted by Crippen LogP contribution is -2.28. The number of thiazole rings is 1. The summed E-state index contributed by atoms with van der Waals surface area (Å²) in [6.45, 7) is 2.26. The summed E-state index contributed by atoms with van der Waals surface area (Å²) in [5.41, 5.74) is 2.51. The van der Waals surface area contributed by atoms with E-state index in [1.807, 2.05) is 43.3 Å². The van der Waals surface area contributed by atoms with Crippen molar-refractivity contribution in [2.75, 3.05) is 31.0 Å². The van der Waals surface area contributed by atoms with Gasteiger partial charge in [0.05, 0.1) is 36.0 Å². The third-order valence-corrected chi connectivity index (χ3v) is 5.88. The van der Waals surface area contributed by atoms with Gasteiger partial charge in [-0.3, -0.25) is 9.59 Å². The Labute approximate surface area is 172 Å². The van der Waals surface area contributed by atoms with Gasteiger partial charge in [-0.2, -0.15) is 0 Å². The van der Waals surface area contributed by atoms with E-state index in [-0.39, 0.29) is 18.2 Å². The molecule has 150 valence electrons. The van der Waals surface area contributed by atoms with Crippen LogP contribution in [0.15, 0.2) is 36.4 Å². The molecule has 1 N–H and O–H groups in total. The van der Waals surface area contributed by atoms with E-state index in [1.165, 1.54) is 11.3 Å². The maximum atomic E-state index is 12.8. The molecule has 3 aromatic rings. The minimum atomic E-state index is -0.450. The molecule has 8 heteroatoms. The Morgan fingerprint density at radius 3 is 2.79 bits per heavy atom. The van der Waals surface area contributed by atoms with Crippen LogP contribution in [0.4, 0.5) is 10.8 Å². The van der Waals surface area contributed by atoms with Crippen molar-refractivity contribution in [3.8, 4) is 11.5 Å². The first kappa shape index (κ1) is 19.2. The molecule has 1 fully saturated rings. The molecule has 2 aromatic carbocycles. The molecule has 1 aliphatic heterocycles. The molecule has 0 aliphatic carbocycles. The van der Waals surface area contributed by atoms with E-state index in [0.717, 1.165) is 21.5 Å². The summed E-state index contributed by atoms with van der Waals surface area (Å²) in [6, 6.07) is 11.2. The summed E-state index contributed by atoms with van der Waals surface area (Å²) in [4.78, 5) is 31.4. The molecule has 0 bridgehead atoms. The smallest absolute Gasteiger partial charge is 0.231 e. The van der Waals surface area contributed by atoms with Gasteiger partial charge in [0.15, 0.2) is 5.13 Å². The second-order valence-electron chi connectivity index (χ2n) is 6.92. The Balaban J connectivity index is 1.50. The molecule has 4 rings (SSSR count). The fourth-order valence-electron chi connectivity index (χ4n) is 3.42. The number of amides is 2. The van der Waals surface area contributed by atoms with E-state index in [1.54, 1.807) is 19.1 Å². The predicted molar refractivity (Wildman–Crippen MR) is 113 cm³/mol. The quantitative estimate of drug-likeness (QED) is 0.694. The van der Waals surface area contributed by atoms with Gasteiger partial charge in [-0.25, -0.2) is 4.98 Å². The van der Waals surface area contributed by atoms with Gasteiger partial charge in [-0.05, 0) is 42.8 Å². The van der Waals surface area contributed by atoms with Crippen LogP contribution in [0.25, 0.3) is 10.2 Å². The van der Waals surface area contributed by atoms with E-state index < -0.39 is 5.92 Å². The summed E-state index contributed by atoms with van der Waals surface area (Å²) < 4.78 is 11.5. The Kier molecular flexibility index (Phi) is 5.10. The molecule has 0 radical (unpaired) electrons. The first-order valence-electron chi connectivity index (χ1n) is 9.19. The van der Waals surface area contributed by atoms with Crippen LogP contribution in [0.1, 0.15) is 12.0 Å². The average molecular weight is 411 g/mol. The van der Waals surface area contributed by atoms with Crippen LogP contribution in [0.3, 0.4) is 0 Å². The van der Waals surface area contributed by atoms with Crippen molar-refractivity contribution in [1.29, 1.82) is 0 Å². The highest BCUT2D eigenvalue weighted by Crippen LogP contribution is 2.35. The molecule has 1 saturated heterocycles. The minimum absolute atomic E-state index is 0.0944. The number of aromatic nitrogens is 1. The zero-order valence-electron chi connectivity index (χ0n) is 16.4. The fraction of sp³-hybridized carbons (Fsp3) is 0.286. The van der Waals surface area contributed by atoms with Gasteiger partial charge in [0.2, 0.25) is 11.8 Å². The molecule has 1 aromatic heterocycles. The number of ether oxygens (including phenoxy) is 2. The Morgan fingerprint density at radius 2 is 2.03 bits per heavy atom. The monoisotopic (exact) mass is 411 g/mol. The van der Waals surface area contributed by atoms with Crippen LogP contribution in [-0.4, -0.2) is 37.6 Å². The maximum absolute atomic E-state index is 12.8. The highest BCUT2D eigenvalue weighted by Gasteiger charge is 2.36. The number of nitrogens with one attached hydrogen (secondary N) is 1. The number of anilines is 2. The first-order chi connectivity index (χ1) is 14.0. The van der Waals surface area contributed by atoms with Crippen LogP contribution in [0.2, 0.25) is 0 Å². The molecule has 0 spiro atoms. The lowest BCUT2D eigenvalue weighted by molar-refractivity contribution is -0.122. The van der Waals surface area contributed by atoms with Gasteiger partial charge in [0.1, 0.15) is 11.5 Å². The molecule has 0 unspecified atom stereocenters. The summed E-state index contributed by atoms with van der Waals surface area (Å²) in [7, 11) is 3.18. The number of hydrogen-bond acceptors (Lipinski definition) is 6. The second kappa shape index (κ2) is 7.71. The molecule has 2 heterocycles. The zero-order valence-corrected chi connectivity index (χ0v) is 17.2. The fourth-order valence-corrected chi connectivity index (χ4v) is 4.32. The number of carbonyl (C=O) groups excluding carboxylic acids is 2. The van der Waals surface area contributed by atoms with Crippen LogP contribution in [0.5, 0.6) is 11.5 Å². The summed E-state index contributed by atoms with van der Waals surface area (Å²) in [5.74, 6) is 0.601. The van der Waals surface area contributed by atoms with Gasteiger partial charge in [0, 0.05) is 13.0 Å². The summed E-state index contributed by atoms with van der Waals surface area (Å²) in [6.07, 6.45) is 0.154. The zero-order chi connectivity index (χ0) is 20.5. The Hall–Kier alpha value is -3.13. The number of carbonyl (C=O) groups is 2. The highest BCUT2D eigenvalue weighted by molar-refractivity contribution is 7.22. The number of fused-ring (bicyclic) bond motifs is 1. The number of nitrogens with zero attached hydrogens (tertiary/aromatic N) is 2. The lowest BCUT2D eigenvalue weighted by Gasteiger charge is -2.20. The SMILES string of the molecule is COc1ccc2nc(NC(=O)[C@H]3CC(=O)N(c4cc(C)ccc4OC)C3)sc2c1. The van der Waals surface area contributed by atoms with Gasteiger partial charge in [0.25, 0.3) is 0 Å². The number of methoxy groups -OCH3 is 2. The molecule has 7 nitrogen and oxygen atoms in total. The van der Waals surface area contributed by atoms with Crippen molar-refractivity contribution in [3.63, 3.8) is 0 Å². The third kappa shape index (κ3) is 3.75. The van der Waals surface area contributed by atoms with Gasteiger partial charge < -0.3 is 19.7 Å². The normalized spacial score (nSPS) is 16.3. The van der Waals surface area contributed by atoms with Crippen molar-refractivity contribution < 1.29 is 19.1 Å². The third-order valence-electron chi connectivity index (χ3n) is 4.95. The van der Waals surface area contributed by atoms with Crippen molar-refractivity contribution in [1.82, 2.24) is 4.98 Å². The van der Waals surface area contributed by atoms with Crippen molar-refractivity contribution >= 4 is 44.2 Å². The van der Waals surface area contributed by atoms with Crippen LogP contribution >= 0.6 is 11.3 Å². The van der Waals surface area contributed by atoms with E-state index >= 15 is 0 Å². The summed E-state index contributed by atoms with van der Waals surface area (Å²) >= 11 is 1.38. The van der Waals surface area contributed by atoms with E-state index in [9.17, 15) is 9.59 Å². The van der Waals surface area contributed by atoms with Crippen molar-refractivity contribution in [2.24, 2.45) is 5.92 Å². The minimum Gasteiger partial charge on any atom is -0.497 e. The average Bonchev–Trinajstić information content (AvgIpc) is 3.29. The number of benzene rings is 2. The highest BCUT2D eigenvalue weighted by atomic mass is 32.1. The molecule has 0 saturated carbocycles. The molecular weight excluding hydrogens is 390 g/mol. The van der Waals surface area contributed by atoms with Crippen LogP contribution in [0, 0.1) is 12.8 Å². The number of hydrogen-bond donors (Lipinski definition) is 1. The van der Waals surface area contributed by atoms with E-state index in [2.05, 4.69) is 10.3 Å². The van der Waals surface area contributed by atoms with Crippen molar-refractivity contribution in [3.05, 3.63) is 42.0 Å².